The van der Waals surface area contributed by atoms with Crippen molar-refractivity contribution in [1.82, 2.24) is 5.32 Å². The smallest absolute Gasteiger partial charge is 0.119 e. The van der Waals surface area contributed by atoms with E-state index in [1.54, 1.807) is 19.1 Å². The van der Waals surface area contributed by atoms with Crippen molar-refractivity contribution in [3.8, 4) is 11.5 Å². The van der Waals surface area contributed by atoms with E-state index < -0.39 is 0 Å². The highest BCUT2D eigenvalue weighted by Gasteiger charge is 2.19. The number of phenols is 2. The van der Waals surface area contributed by atoms with Crippen LogP contribution >= 0.6 is 0 Å². The van der Waals surface area contributed by atoms with Gasteiger partial charge in [-0.3, -0.25) is 0 Å². The van der Waals surface area contributed by atoms with Crippen LogP contribution < -0.4 is 5.32 Å². The number of benzene rings is 1. The summed E-state index contributed by atoms with van der Waals surface area (Å²) in [7, 11) is 0. The molecule has 2 rings (SSSR count). The Labute approximate surface area is 89.8 Å². The molecule has 0 aliphatic carbocycles. The summed E-state index contributed by atoms with van der Waals surface area (Å²) in [6, 6.07) is 3.33. The molecule has 1 fully saturated rings. The van der Waals surface area contributed by atoms with Gasteiger partial charge in [-0.15, -0.1) is 0 Å². The predicted molar refractivity (Wildman–Crippen MR) is 59.4 cm³/mol. The Morgan fingerprint density at radius 2 is 2.07 bits per heavy atom. The summed E-state index contributed by atoms with van der Waals surface area (Å²) in [5, 5.41) is 22.8. The van der Waals surface area contributed by atoms with E-state index in [1.165, 1.54) is 0 Å². The molecule has 1 aliphatic heterocycles. The fourth-order valence-electron chi connectivity index (χ4n) is 2.14. The molecule has 1 aromatic rings. The molecule has 0 spiro atoms. The van der Waals surface area contributed by atoms with Gasteiger partial charge in [-0.2, -0.15) is 0 Å². The van der Waals surface area contributed by atoms with Gasteiger partial charge in [0.15, 0.2) is 0 Å². The summed E-state index contributed by atoms with van der Waals surface area (Å²) >= 11 is 0. The van der Waals surface area contributed by atoms with E-state index >= 15 is 0 Å². The van der Waals surface area contributed by atoms with Crippen LogP contribution in [0.15, 0.2) is 12.1 Å². The monoisotopic (exact) mass is 207 g/mol. The molecule has 0 saturated carbocycles. The van der Waals surface area contributed by atoms with Crippen LogP contribution in [0.25, 0.3) is 0 Å². The fourth-order valence-corrected chi connectivity index (χ4v) is 2.14. The highest BCUT2D eigenvalue weighted by molar-refractivity contribution is 5.46. The molecule has 3 nitrogen and oxygen atoms in total. The van der Waals surface area contributed by atoms with Crippen molar-refractivity contribution in [2.75, 3.05) is 13.1 Å². The second-order valence-corrected chi connectivity index (χ2v) is 4.24. The molecule has 0 radical (unpaired) electrons. The van der Waals surface area contributed by atoms with E-state index in [0.717, 1.165) is 37.1 Å². The number of hydrogen-bond acceptors (Lipinski definition) is 3. The van der Waals surface area contributed by atoms with Crippen molar-refractivity contribution < 1.29 is 10.2 Å². The molecule has 82 valence electrons. The van der Waals surface area contributed by atoms with Crippen LogP contribution in [0.5, 0.6) is 11.5 Å². The van der Waals surface area contributed by atoms with Gasteiger partial charge in [0.25, 0.3) is 0 Å². The molecular formula is C12H17NO2. The highest BCUT2D eigenvalue weighted by atomic mass is 16.3. The SMILES string of the molecule is Cc1cc(O)c(C2CCCNC2)cc1O. The lowest BCUT2D eigenvalue weighted by Crippen LogP contribution is -2.28. The summed E-state index contributed by atoms with van der Waals surface area (Å²) in [5.74, 6) is 0.901. The zero-order valence-electron chi connectivity index (χ0n) is 8.95. The summed E-state index contributed by atoms with van der Waals surface area (Å²) in [5.41, 5.74) is 1.59. The zero-order chi connectivity index (χ0) is 10.8. The highest BCUT2D eigenvalue weighted by Crippen LogP contribution is 2.34. The topological polar surface area (TPSA) is 52.5 Å². The second kappa shape index (κ2) is 4.11. The normalized spacial score (nSPS) is 21.5. The van der Waals surface area contributed by atoms with Gasteiger partial charge < -0.3 is 15.5 Å². The lowest BCUT2D eigenvalue weighted by Gasteiger charge is -2.24. The molecular weight excluding hydrogens is 190 g/mol. The Balaban J connectivity index is 2.30. The van der Waals surface area contributed by atoms with Gasteiger partial charge >= 0.3 is 0 Å². The molecule has 0 bridgehead atoms. The average molecular weight is 207 g/mol. The molecule has 0 aromatic heterocycles. The van der Waals surface area contributed by atoms with E-state index in [9.17, 15) is 10.2 Å². The molecule has 3 heteroatoms. The van der Waals surface area contributed by atoms with Crippen LogP contribution in [-0.2, 0) is 0 Å². The van der Waals surface area contributed by atoms with E-state index in [2.05, 4.69) is 5.32 Å². The summed E-state index contributed by atoms with van der Waals surface area (Å²) in [6.45, 7) is 3.73. The van der Waals surface area contributed by atoms with Gasteiger partial charge in [-0.25, -0.2) is 0 Å². The first-order valence-corrected chi connectivity index (χ1v) is 5.41. The second-order valence-electron chi connectivity index (χ2n) is 4.24. The van der Waals surface area contributed by atoms with Crippen LogP contribution in [0.1, 0.15) is 29.9 Å². The number of hydrogen-bond donors (Lipinski definition) is 3. The maximum atomic E-state index is 9.83. The van der Waals surface area contributed by atoms with Crippen LogP contribution in [0, 0.1) is 6.92 Å². The lowest BCUT2D eigenvalue weighted by molar-refractivity contribution is 0.417. The molecule has 0 amide bonds. The van der Waals surface area contributed by atoms with Crippen molar-refractivity contribution in [1.29, 1.82) is 0 Å². The molecule has 1 unspecified atom stereocenters. The van der Waals surface area contributed by atoms with E-state index in [4.69, 9.17) is 0 Å². The third-order valence-electron chi connectivity index (χ3n) is 3.08. The van der Waals surface area contributed by atoms with Crippen molar-refractivity contribution in [3.63, 3.8) is 0 Å². The van der Waals surface area contributed by atoms with Gasteiger partial charge in [-0.05, 0) is 44.0 Å². The third-order valence-corrected chi connectivity index (χ3v) is 3.08. The maximum Gasteiger partial charge on any atom is 0.119 e. The van der Waals surface area contributed by atoms with Gasteiger partial charge in [0.2, 0.25) is 0 Å². The first-order valence-electron chi connectivity index (χ1n) is 5.41. The molecule has 1 heterocycles. The Morgan fingerprint density at radius 1 is 1.27 bits per heavy atom. The van der Waals surface area contributed by atoms with Gasteiger partial charge in [-0.1, -0.05) is 0 Å². The maximum absolute atomic E-state index is 9.83. The summed E-state index contributed by atoms with van der Waals surface area (Å²) in [6.07, 6.45) is 2.20. The van der Waals surface area contributed by atoms with E-state index in [0.29, 0.717) is 11.7 Å². The lowest BCUT2D eigenvalue weighted by atomic mass is 9.90. The average Bonchev–Trinajstić information content (AvgIpc) is 2.25. The predicted octanol–water partition coefficient (Wildman–Crippen LogP) is 1.87. The Morgan fingerprint density at radius 3 is 2.73 bits per heavy atom. The summed E-state index contributed by atoms with van der Waals surface area (Å²) < 4.78 is 0. The number of aryl methyl sites for hydroxylation is 1. The first kappa shape index (κ1) is 10.3. The molecule has 1 aromatic carbocycles. The van der Waals surface area contributed by atoms with Crippen molar-refractivity contribution >= 4 is 0 Å². The zero-order valence-corrected chi connectivity index (χ0v) is 8.95. The van der Waals surface area contributed by atoms with E-state index in [-0.39, 0.29) is 5.75 Å². The van der Waals surface area contributed by atoms with Crippen LogP contribution in [0.2, 0.25) is 0 Å². The van der Waals surface area contributed by atoms with Crippen molar-refractivity contribution in [2.24, 2.45) is 0 Å². The fraction of sp³-hybridized carbons (Fsp3) is 0.500. The first-order chi connectivity index (χ1) is 7.18. The quantitative estimate of drug-likeness (QED) is 0.616. The number of piperidine rings is 1. The number of aromatic hydroxyl groups is 2. The van der Waals surface area contributed by atoms with Crippen LogP contribution in [-0.4, -0.2) is 23.3 Å². The molecule has 1 saturated heterocycles. The molecule has 1 aliphatic rings. The van der Waals surface area contributed by atoms with Crippen LogP contribution in [0.3, 0.4) is 0 Å². The van der Waals surface area contributed by atoms with Gasteiger partial charge in [0.1, 0.15) is 11.5 Å². The number of rotatable bonds is 1. The molecule has 3 N–H and O–H groups in total. The molecule has 1 atom stereocenters. The number of nitrogens with one attached hydrogen (secondary N) is 1. The van der Waals surface area contributed by atoms with Crippen molar-refractivity contribution in [3.05, 3.63) is 23.3 Å². The minimum absolute atomic E-state index is 0.272. The van der Waals surface area contributed by atoms with Gasteiger partial charge in [0, 0.05) is 18.0 Å². The standard InChI is InChI=1S/C12H17NO2/c1-8-5-12(15)10(6-11(8)14)9-3-2-4-13-7-9/h5-6,9,13-15H,2-4,7H2,1H3. The van der Waals surface area contributed by atoms with E-state index in [1.807, 2.05) is 0 Å². The Hall–Kier alpha value is -1.22. The van der Waals surface area contributed by atoms with Gasteiger partial charge in [0.05, 0.1) is 0 Å². The van der Waals surface area contributed by atoms with Crippen molar-refractivity contribution in [2.45, 2.75) is 25.7 Å². The third kappa shape index (κ3) is 2.07. The Bertz CT molecular complexity index is 357. The van der Waals surface area contributed by atoms with Crippen LogP contribution in [0.4, 0.5) is 0 Å². The summed E-state index contributed by atoms with van der Waals surface area (Å²) in [4.78, 5) is 0. The number of phenolic OH excluding ortho intramolecular Hbond substituents is 2. The Kier molecular flexibility index (Phi) is 2.82. The minimum Gasteiger partial charge on any atom is -0.508 e. The largest absolute Gasteiger partial charge is 0.508 e. The molecule has 15 heavy (non-hydrogen) atoms. The minimum atomic E-state index is 0.272.